The Morgan fingerprint density at radius 3 is 2.60 bits per heavy atom. The molecule has 0 atom stereocenters. The minimum atomic E-state index is 0.118. The molecule has 2 nitrogen and oxygen atoms in total. The summed E-state index contributed by atoms with van der Waals surface area (Å²) in [5, 5.41) is 1.56. The van der Waals surface area contributed by atoms with Gasteiger partial charge in [0.05, 0.1) is 5.52 Å². The summed E-state index contributed by atoms with van der Waals surface area (Å²) in [6.45, 7) is 4.15. The van der Waals surface area contributed by atoms with Crippen molar-refractivity contribution >= 4 is 21.8 Å². The maximum atomic E-state index is 12.7. The number of rotatable bonds is 2. The minimum absolute atomic E-state index is 0.118. The molecule has 20 heavy (non-hydrogen) atoms. The van der Waals surface area contributed by atoms with Gasteiger partial charge in [0.25, 0.3) is 0 Å². The third kappa shape index (κ3) is 2.14. The fraction of sp³-hybridized carbons (Fsp3) is 0.167. The van der Waals surface area contributed by atoms with E-state index in [1.807, 2.05) is 42.5 Å². The standard InChI is InChI=1S/C18H17NO/c1-12(2)10-11-13-6-5-9-16-17(13)18(20)14-7-3-4-8-15(14)19-16/h3-10H,11H2,1-2H3,(H,19,20). The first kappa shape index (κ1) is 12.7. The van der Waals surface area contributed by atoms with E-state index in [0.29, 0.717) is 0 Å². The molecule has 2 aromatic carbocycles. The van der Waals surface area contributed by atoms with E-state index in [1.165, 1.54) is 5.57 Å². The Hall–Kier alpha value is -2.35. The van der Waals surface area contributed by atoms with Crippen molar-refractivity contribution in [3.05, 3.63) is 69.9 Å². The normalized spacial score (nSPS) is 10.9. The molecule has 100 valence electrons. The SMILES string of the molecule is CC(C)=CCc1cccc2[nH]c3ccccc3c(=O)c12. The molecule has 3 aromatic rings. The van der Waals surface area contributed by atoms with E-state index in [1.54, 1.807) is 0 Å². The van der Waals surface area contributed by atoms with Crippen molar-refractivity contribution in [2.45, 2.75) is 20.3 Å². The molecule has 0 aliphatic carbocycles. The van der Waals surface area contributed by atoms with Crippen LogP contribution in [0.4, 0.5) is 0 Å². The van der Waals surface area contributed by atoms with Crippen LogP contribution in [0.5, 0.6) is 0 Å². The fourth-order valence-electron chi connectivity index (χ4n) is 2.53. The largest absolute Gasteiger partial charge is 0.354 e. The van der Waals surface area contributed by atoms with Crippen molar-refractivity contribution in [1.29, 1.82) is 0 Å². The average Bonchev–Trinajstić information content (AvgIpc) is 2.45. The Morgan fingerprint density at radius 2 is 1.80 bits per heavy atom. The summed E-state index contributed by atoms with van der Waals surface area (Å²) in [6, 6.07) is 13.7. The predicted molar refractivity (Wildman–Crippen MR) is 85.2 cm³/mol. The van der Waals surface area contributed by atoms with Crippen LogP contribution in [0.2, 0.25) is 0 Å². The number of hydrogen-bond donors (Lipinski definition) is 1. The predicted octanol–water partition coefficient (Wildman–Crippen LogP) is 4.19. The number of allylic oxidation sites excluding steroid dienone is 2. The van der Waals surface area contributed by atoms with E-state index < -0.39 is 0 Å². The third-order valence-corrected chi connectivity index (χ3v) is 3.55. The maximum absolute atomic E-state index is 12.7. The van der Waals surface area contributed by atoms with Crippen LogP contribution in [0.15, 0.2) is 58.9 Å². The van der Waals surface area contributed by atoms with Crippen molar-refractivity contribution in [3.63, 3.8) is 0 Å². The molecule has 0 aliphatic rings. The second-order valence-corrected chi connectivity index (χ2v) is 5.33. The molecular weight excluding hydrogens is 246 g/mol. The van der Waals surface area contributed by atoms with Crippen molar-refractivity contribution < 1.29 is 0 Å². The van der Waals surface area contributed by atoms with E-state index >= 15 is 0 Å². The molecule has 2 heteroatoms. The van der Waals surface area contributed by atoms with Gasteiger partial charge >= 0.3 is 0 Å². The molecule has 0 radical (unpaired) electrons. The van der Waals surface area contributed by atoms with Crippen LogP contribution in [0.25, 0.3) is 21.8 Å². The summed E-state index contributed by atoms with van der Waals surface area (Å²) in [6.07, 6.45) is 2.95. The van der Waals surface area contributed by atoms with E-state index in [9.17, 15) is 4.79 Å². The number of aromatic amines is 1. The molecule has 0 unspecified atom stereocenters. The highest BCUT2D eigenvalue weighted by Crippen LogP contribution is 2.19. The monoisotopic (exact) mass is 263 g/mol. The van der Waals surface area contributed by atoms with Gasteiger partial charge in [-0.2, -0.15) is 0 Å². The number of H-pyrrole nitrogens is 1. The zero-order chi connectivity index (χ0) is 14.1. The van der Waals surface area contributed by atoms with Gasteiger partial charge in [0.15, 0.2) is 5.43 Å². The highest BCUT2D eigenvalue weighted by Gasteiger charge is 2.08. The molecule has 1 N–H and O–H groups in total. The molecule has 0 fully saturated rings. The molecule has 0 saturated carbocycles. The minimum Gasteiger partial charge on any atom is -0.354 e. The Kier molecular flexibility index (Phi) is 3.15. The molecule has 0 spiro atoms. The van der Waals surface area contributed by atoms with Gasteiger partial charge < -0.3 is 4.98 Å². The maximum Gasteiger partial charge on any atom is 0.197 e. The first-order chi connectivity index (χ1) is 9.66. The van der Waals surface area contributed by atoms with Gasteiger partial charge in [0.1, 0.15) is 0 Å². The molecule has 1 aromatic heterocycles. The molecule has 0 bridgehead atoms. The second-order valence-electron chi connectivity index (χ2n) is 5.33. The van der Waals surface area contributed by atoms with Crippen molar-refractivity contribution in [1.82, 2.24) is 4.98 Å². The van der Waals surface area contributed by atoms with Crippen molar-refractivity contribution in [3.8, 4) is 0 Å². The molecule has 1 heterocycles. The number of fused-ring (bicyclic) bond motifs is 2. The van der Waals surface area contributed by atoms with Crippen LogP contribution in [-0.4, -0.2) is 4.98 Å². The zero-order valence-electron chi connectivity index (χ0n) is 11.7. The summed E-state index contributed by atoms with van der Waals surface area (Å²) in [5.41, 5.74) is 4.26. The van der Waals surface area contributed by atoms with Gasteiger partial charge in [-0.15, -0.1) is 0 Å². The lowest BCUT2D eigenvalue weighted by molar-refractivity contribution is 1.23. The Bertz CT molecular complexity index is 867. The summed E-state index contributed by atoms with van der Waals surface area (Å²) in [5.74, 6) is 0. The number of aromatic nitrogens is 1. The Balaban J connectivity index is 2.36. The number of para-hydroxylation sites is 1. The first-order valence-corrected chi connectivity index (χ1v) is 6.83. The van der Waals surface area contributed by atoms with E-state index in [4.69, 9.17) is 0 Å². The number of benzene rings is 2. The molecule has 0 saturated heterocycles. The average molecular weight is 263 g/mol. The zero-order valence-corrected chi connectivity index (χ0v) is 11.7. The van der Waals surface area contributed by atoms with Gasteiger partial charge in [0.2, 0.25) is 0 Å². The van der Waals surface area contributed by atoms with Crippen LogP contribution in [0.1, 0.15) is 19.4 Å². The third-order valence-electron chi connectivity index (χ3n) is 3.55. The van der Waals surface area contributed by atoms with Gasteiger partial charge in [-0.05, 0) is 44.0 Å². The highest BCUT2D eigenvalue weighted by molar-refractivity contribution is 5.94. The summed E-state index contributed by atoms with van der Waals surface area (Å²) in [4.78, 5) is 16.1. The Morgan fingerprint density at radius 1 is 1.05 bits per heavy atom. The van der Waals surface area contributed by atoms with Gasteiger partial charge in [-0.3, -0.25) is 4.79 Å². The van der Waals surface area contributed by atoms with Crippen molar-refractivity contribution in [2.24, 2.45) is 0 Å². The second kappa shape index (κ2) is 4.97. The molecular formula is C18H17NO. The summed E-state index contributed by atoms with van der Waals surface area (Å²) >= 11 is 0. The first-order valence-electron chi connectivity index (χ1n) is 6.83. The van der Waals surface area contributed by atoms with E-state index in [2.05, 4.69) is 24.9 Å². The van der Waals surface area contributed by atoms with E-state index in [-0.39, 0.29) is 5.43 Å². The van der Waals surface area contributed by atoms with Crippen molar-refractivity contribution in [2.75, 3.05) is 0 Å². The van der Waals surface area contributed by atoms with Gasteiger partial charge in [-0.1, -0.05) is 35.9 Å². The molecule has 0 amide bonds. The molecule has 0 aliphatic heterocycles. The number of pyridine rings is 1. The van der Waals surface area contributed by atoms with Crippen LogP contribution in [0.3, 0.4) is 0 Å². The quantitative estimate of drug-likeness (QED) is 0.545. The van der Waals surface area contributed by atoms with Crippen LogP contribution in [0, 0.1) is 0 Å². The summed E-state index contributed by atoms with van der Waals surface area (Å²) < 4.78 is 0. The smallest absolute Gasteiger partial charge is 0.197 e. The van der Waals surface area contributed by atoms with Gasteiger partial charge in [0, 0.05) is 16.3 Å². The van der Waals surface area contributed by atoms with Gasteiger partial charge in [-0.25, -0.2) is 0 Å². The van der Waals surface area contributed by atoms with Crippen LogP contribution in [-0.2, 0) is 6.42 Å². The van der Waals surface area contributed by atoms with Crippen LogP contribution >= 0.6 is 0 Å². The number of hydrogen-bond acceptors (Lipinski definition) is 1. The van der Waals surface area contributed by atoms with E-state index in [0.717, 1.165) is 33.8 Å². The lowest BCUT2D eigenvalue weighted by Gasteiger charge is -2.06. The lowest BCUT2D eigenvalue weighted by Crippen LogP contribution is -2.06. The van der Waals surface area contributed by atoms with Crippen LogP contribution < -0.4 is 5.43 Å². The number of nitrogens with one attached hydrogen (secondary N) is 1. The highest BCUT2D eigenvalue weighted by atomic mass is 16.1. The lowest BCUT2D eigenvalue weighted by atomic mass is 10.0. The Labute approximate surface area is 117 Å². The summed E-state index contributed by atoms with van der Waals surface area (Å²) in [7, 11) is 0. The topological polar surface area (TPSA) is 32.9 Å². The molecule has 3 rings (SSSR count). The fourth-order valence-corrected chi connectivity index (χ4v) is 2.53.